The molecule has 1 aromatic rings. The predicted molar refractivity (Wildman–Crippen MR) is 122 cm³/mol. The second-order valence-electron chi connectivity index (χ2n) is 4.63. The van der Waals surface area contributed by atoms with Gasteiger partial charge in [0.1, 0.15) is 6.23 Å². The molecule has 152 valence electrons. The molecule has 0 bridgehead atoms. The number of rotatable bonds is 4. The third kappa shape index (κ3) is 10.7. The molecule has 0 spiro atoms. The van der Waals surface area contributed by atoms with E-state index in [1.807, 2.05) is 60.6 Å². The molecule has 1 aromatic carbocycles. The summed E-state index contributed by atoms with van der Waals surface area (Å²) in [5.41, 5.74) is 2.02. The van der Waals surface area contributed by atoms with E-state index >= 15 is 0 Å². The molecule has 1 atom stereocenters. The maximum Gasteiger partial charge on any atom is 0.107 e. The number of benzene rings is 1. The topological polar surface area (TPSA) is 39.1 Å². The minimum atomic E-state index is -0.304. The molecule has 0 aromatic heterocycles. The van der Waals surface area contributed by atoms with Crippen LogP contribution in [0.3, 0.4) is 0 Å². The van der Waals surface area contributed by atoms with Crippen LogP contribution < -0.4 is 4.90 Å². The second-order valence-corrected chi connectivity index (χ2v) is 4.81. The Kier molecular flexibility index (Phi) is 22.8. The van der Waals surface area contributed by atoms with Crippen molar-refractivity contribution < 1.29 is 5.11 Å². The van der Waals surface area contributed by atoms with Crippen LogP contribution in [0.25, 0.3) is 0 Å². The van der Waals surface area contributed by atoms with Gasteiger partial charge in [-0.2, -0.15) is 4.99 Å². The maximum absolute atomic E-state index is 9.81. The molecule has 1 N–H and O–H groups in total. The van der Waals surface area contributed by atoms with E-state index in [2.05, 4.69) is 44.3 Å². The fourth-order valence-corrected chi connectivity index (χ4v) is 2.43. The number of isothiocyanates is 1. The molecule has 0 radical (unpaired) electrons. The lowest BCUT2D eigenvalue weighted by Crippen LogP contribution is -2.50. The standard InChI is InChI=1S/C14H19N3OS.3C2H6.CH4/c1-2-14(18)17-9-7-16(8-10-17)13-5-3-12(4-6-13)15-11-19;3*1-2;/h3-6,14,18H,2,7-10H2,1H3;3*1-2H3;1H4. The van der Waals surface area contributed by atoms with Gasteiger partial charge >= 0.3 is 0 Å². The monoisotopic (exact) mass is 383 g/mol. The average Bonchev–Trinajstić information content (AvgIpc) is 2.73. The summed E-state index contributed by atoms with van der Waals surface area (Å²) in [6.07, 6.45) is 0.478. The van der Waals surface area contributed by atoms with E-state index in [1.165, 1.54) is 5.69 Å². The van der Waals surface area contributed by atoms with Crippen LogP contribution in [0.15, 0.2) is 29.3 Å². The lowest BCUT2D eigenvalue weighted by Gasteiger charge is -2.38. The SMILES string of the molecule is C.CC.CC.CC.CCC(O)N1CCN(c2ccc(N=C=S)cc2)CC1. The first-order valence-electron chi connectivity index (χ1n) is 9.59. The van der Waals surface area contributed by atoms with Gasteiger partial charge in [-0.05, 0) is 42.9 Å². The zero-order valence-electron chi connectivity index (χ0n) is 17.1. The highest BCUT2D eigenvalue weighted by molar-refractivity contribution is 7.78. The molecule has 0 aliphatic carbocycles. The third-order valence-corrected chi connectivity index (χ3v) is 3.58. The van der Waals surface area contributed by atoms with Gasteiger partial charge < -0.3 is 10.0 Å². The van der Waals surface area contributed by atoms with Gasteiger partial charge in [-0.25, -0.2) is 0 Å². The number of aliphatic imine (C=N–C) groups is 1. The van der Waals surface area contributed by atoms with Crippen molar-refractivity contribution in [2.24, 2.45) is 4.99 Å². The number of nitrogens with zero attached hydrogens (tertiary/aromatic N) is 3. The van der Waals surface area contributed by atoms with E-state index in [0.29, 0.717) is 0 Å². The Balaban J connectivity index is -0.000000686. The van der Waals surface area contributed by atoms with E-state index in [1.54, 1.807) is 0 Å². The minimum absolute atomic E-state index is 0. The van der Waals surface area contributed by atoms with Crippen molar-refractivity contribution >= 4 is 28.8 Å². The Labute approximate surface area is 167 Å². The van der Waals surface area contributed by atoms with Gasteiger partial charge in [-0.1, -0.05) is 55.9 Å². The van der Waals surface area contributed by atoms with Crippen molar-refractivity contribution in [2.45, 2.75) is 68.5 Å². The highest BCUT2D eigenvalue weighted by atomic mass is 32.1. The number of thiocarbonyl (C=S) groups is 1. The Morgan fingerprint density at radius 2 is 1.46 bits per heavy atom. The normalized spacial score (nSPS) is 13.8. The van der Waals surface area contributed by atoms with Crippen LogP contribution in [0, 0.1) is 0 Å². The summed E-state index contributed by atoms with van der Waals surface area (Å²) in [4.78, 5) is 8.39. The van der Waals surface area contributed by atoms with Gasteiger partial charge in [0.15, 0.2) is 0 Å². The molecular weight excluding hydrogens is 342 g/mol. The van der Waals surface area contributed by atoms with Gasteiger partial charge in [0, 0.05) is 31.9 Å². The Morgan fingerprint density at radius 1 is 1.00 bits per heavy atom. The fraction of sp³-hybridized carbons (Fsp3) is 0.667. The number of aliphatic hydroxyl groups is 1. The lowest BCUT2D eigenvalue weighted by atomic mass is 10.2. The van der Waals surface area contributed by atoms with Gasteiger partial charge in [0.25, 0.3) is 0 Å². The minimum Gasteiger partial charge on any atom is -0.378 e. The molecule has 0 saturated carbocycles. The molecular formula is C21H41N3OS. The predicted octanol–water partition coefficient (Wildman–Crippen LogP) is 5.99. The molecule has 1 saturated heterocycles. The van der Waals surface area contributed by atoms with E-state index in [9.17, 15) is 5.11 Å². The molecule has 26 heavy (non-hydrogen) atoms. The fourth-order valence-electron chi connectivity index (χ4n) is 2.33. The van der Waals surface area contributed by atoms with Crippen LogP contribution in [-0.2, 0) is 0 Å². The molecule has 1 aliphatic rings. The van der Waals surface area contributed by atoms with Gasteiger partial charge in [-0.3, -0.25) is 4.90 Å². The Morgan fingerprint density at radius 3 is 1.85 bits per heavy atom. The quantitative estimate of drug-likeness (QED) is 0.512. The van der Waals surface area contributed by atoms with E-state index < -0.39 is 0 Å². The Hall–Kier alpha value is -1.26. The molecule has 1 unspecified atom stereocenters. The first-order valence-corrected chi connectivity index (χ1v) is 10.0. The summed E-state index contributed by atoms with van der Waals surface area (Å²) in [7, 11) is 0. The van der Waals surface area contributed by atoms with Crippen molar-refractivity contribution in [1.82, 2.24) is 4.90 Å². The van der Waals surface area contributed by atoms with E-state index in [4.69, 9.17) is 0 Å². The van der Waals surface area contributed by atoms with Gasteiger partial charge in [0.2, 0.25) is 0 Å². The summed E-state index contributed by atoms with van der Waals surface area (Å²) < 4.78 is 0. The number of hydrogen-bond acceptors (Lipinski definition) is 5. The zero-order chi connectivity index (χ0) is 19.7. The number of hydrogen-bond donors (Lipinski definition) is 1. The van der Waals surface area contributed by atoms with Crippen molar-refractivity contribution in [3.8, 4) is 0 Å². The Bertz CT molecular complexity index is 451. The van der Waals surface area contributed by atoms with Crippen molar-refractivity contribution in [3.05, 3.63) is 24.3 Å². The highest BCUT2D eigenvalue weighted by Crippen LogP contribution is 2.21. The smallest absolute Gasteiger partial charge is 0.107 e. The number of aliphatic hydroxyl groups excluding tert-OH is 1. The van der Waals surface area contributed by atoms with Crippen LogP contribution in [0.1, 0.15) is 62.3 Å². The molecule has 5 heteroatoms. The summed E-state index contributed by atoms with van der Waals surface area (Å²) in [5, 5.41) is 12.2. The van der Waals surface area contributed by atoms with Crippen LogP contribution in [0.4, 0.5) is 11.4 Å². The summed E-state index contributed by atoms with van der Waals surface area (Å²) in [6, 6.07) is 8.00. The van der Waals surface area contributed by atoms with E-state index in [0.717, 1.165) is 38.3 Å². The van der Waals surface area contributed by atoms with Crippen LogP contribution >= 0.6 is 12.2 Å². The summed E-state index contributed by atoms with van der Waals surface area (Å²) in [6.45, 7) is 17.7. The molecule has 1 aliphatic heterocycles. The molecule has 1 fully saturated rings. The second kappa shape index (κ2) is 20.1. The number of anilines is 1. The summed E-state index contributed by atoms with van der Waals surface area (Å²) in [5.74, 6) is 0. The van der Waals surface area contributed by atoms with Crippen LogP contribution in [0.2, 0.25) is 0 Å². The maximum atomic E-state index is 9.81. The van der Waals surface area contributed by atoms with Crippen LogP contribution in [-0.4, -0.2) is 47.6 Å². The molecule has 4 nitrogen and oxygen atoms in total. The van der Waals surface area contributed by atoms with Crippen molar-refractivity contribution in [1.29, 1.82) is 0 Å². The third-order valence-electron chi connectivity index (χ3n) is 3.49. The van der Waals surface area contributed by atoms with Gasteiger partial charge in [-0.15, -0.1) is 0 Å². The lowest BCUT2D eigenvalue weighted by molar-refractivity contribution is -0.00191. The molecule has 0 amide bonds. The van der Waals surface area contributed by atoms with Crippen LogP contribution in [0.5, 0.6) is 0 Å². The first-order chi connectivity index (χ1) is 12.2. The first kappa shape index (κ1) is 29.5. The number of piperazine rings is 1. The highest BCUT2D eigenvalue weighted by Gasteiger charge is 2.21. The molecule has 2 rings (SSSR count). The van der Waals surface area contributed by atoms with Crippen molar-refractivity contribution in [3.63, 3.8) is 0 Å². The van der Waals surface area contributed by atoms with E-state index in [-0.39, 0.29) is 13.7 Å². The van der Waals surface area contributed by atoms with Crippen molar-refractivity contribution in [2.75, 3.05) is 31.1 Å². The molecule has 1 heterocycles. The average molecular weight is 384 g/mol. The summed E-state index contributed by atoms with van der Waals surface area (Å²) >= 11 is 4.58. The largest absolute Gasteiger partial charge is 0.378 e. The van der Waals surface area contributed by atoms with Gasteiger partial charge in [0.05, 0.1) is 10.8 Å². The zero-order valence-corrected chi connectivity index (χ0v) is 17.9.